The van der Waals surface area contributed by atoms with Crippen LogP contribution in [0.1, 0.15) is 34.6 Å². The fourth-order valence-corrected chi connectivity index (χ4v) is 2.50. The van der Waals surface area contributed by atoms with Crippen molar-refractivity contribution in [2.75, 3.05) is 6.61 Å². The molecule has 122 valence electrons. The Kier molecular flexibility index (Phi) is 5.37. The highest BCUT2D eigenvalue weighted by Crippen LogP contribution is 2.25. The van der Waals surface area contributed by atoms with Gasteiger partial charge in [-0.3, -0.25) is 4.79 Å². The van der Waals surface area contributed by atoms with Gasteiger partial charge in [0.15, 0.2) is 0 Å². The molecule has 0 aromatic heterocycles. The molecule has 0 aliphatic heterocycles. The number of benzene rings is 2. The number of carbonyl (C=O) groups is 1. The van der Waals surface area contributed by atoms with Crippen LogP contribution in [0.3, 0.4) is 0 Å². The number of carboxylic acids is 1. The predicted octanol–water partition coefficient (Wildman–Crippen LogP) is 4.39. The first kappa shape index (κ1) is 17.0. The van der Waals surface area contributed by atoms with E-state index in [2.05, 4.69) is 6.07 Å². The van der Waals surface area contributed by atoms with Crippen LogP contribution in [-0.4, -0.2) is 17.7 Å². The molecule has 3 nitrogen and oxygen atoms in total. The van der Waals surface area contributed by atoms with Gasteiger partial charge in [0.2, 0.25) is 0 Å². The fraction of sp³-hybridized carbons (Fsp3) is 0.316. The van der Waals surface area contributed by atoms with Crippen LogP contribution in [0.25, 0.3) is 0 Å². The summed E-state index contributed by atoms with van der Waals surface area (Å²) >= 11 is 0. The maximum absolute atomic E-state index is 13.0. The first-order valence-electron chi connectivity index (χ1n) is 7.57. The Morgan fingerprint density at radius 2 is 1.70 bits per heavy atom. The molecule has 23 heavy (non-hydrogen) atoms. The first-order valence-corrected chi connectivity index (χ1v) is 7.57. The van der Waals surface area contributed by atoms with Crippen molar-refractivity contribution in [2.24, 2.45) is 0 Å². The fourth-order valence-electron chi connectivity index (χ4n) is 2.50. The average Bonchev–Trinajstić information content (AvgIpc) is 2.49. The summed E-state index contributed by atoms with van der Waals surface area (Å²) in [7, 11) is 0. The molecule has 2 aromatic rings. The summed E-state index contributed by atoms with van der Waals surface area (Å²) in [5, 5.41) is 9.38. The molecule has 0 amide bonds. The summed E-state index contributed by atoms with van der Waals surface area (Å²) in [5.41, 5.74) is 3.95. The molecule has 0 aliphatic carbocycles. The molecule has 1 unspecified atom stereocenters. The molecule has 0 saturated carbocycles. The molecule has 0 saturated heterocycles. The number of aliphatic carboxylic acids is 1. The maximum Gasteiger partial charge on any atom is 0.311 e. The van der Waals surface area contributed by atoms with Gasteiger partial charge in [-0.15, -0.1) is 0 Å². The van der Waals surface area contributed by atoms with Crippen LogP contribution in [0.15, 0.2) is 36.4 Å². The van der Waals surface area contributed by atoms with Gasteiger partial charge in [0.1, 0.15) is 11.6 Å². The minimum absolute atomic E-state index is 0.289. The van der Waals surface area contributed by atoms with E-state index in [0.717, 1.165) is 16.9 Å². The van der Waals surface area contributed by atoms with E-state index in [9.17, 15) is 14.3 Å². The molecule has 0 radical (unpaired) electrons. The highest BCUT2D eigenvalue weighted by molar-refractivity contribution is 5.76. The van der Waals surface area contributed by atoms with Crippen LogP contribution < -0.4 is 4.74 Å². The van der Waals surface area contributed by atoms with Crippen LogP contribution in [0, 0.1) is 26.6 Å². The lowest BCUT2D eigenvalue weighted by molar-refractivity contribution is -0.139. The van der Waals surface area contributed by atoms with Gasteiger partial charge < -0.3 is 9.84 Å². The van der Waals surface area contributed by atoms with Gasteiger partial charge in [-0.1, -0.05) is 18.2 Å². The summed E-state index contributed by atoms with van der Waals surface area (Å²) in [6.07, 6.45) is 0.327. The maximum atomic E-state index is 13.0. The van der Waals surface area contributed by atoms with E-state index in [-0.39, 0.29) is 12.4 Å². The second-order valence-corrected chi connectivity index (χ2v) is 5.78. The Balaban J connectivity index is 2.04. The number of hydrogen-bond donors (Lipinski definition) is 1. The van der Waals surface area contributed by atoms with Gasteiger partial charge in [-0.25, -0.2) is 4.39 Å². The molecule has 0 aliphatic rings. The minimum atomic E-state index is -0.933. The topological polar surface area (TPSA) is 46.5 Å². The van der Waals surface area contributed by atoms with Crippen molar-refractivity contribution in [3.8, 4) is 5.75 Å². The van der Waals surface area contributed by atoms with Gasteiger partial charge in [-0.05, 0) is 67.6 Å². The summed E-state index contributed by atoms with van der Waals surface area (Å²) in [6.45, 7) is 6.31. The molecule has 4 heteroatoms. The van der Waals surface area contributed by atoms with Crippen LogP contribution in [0.5, 0.6) is 5.75 Å². The largest absolute Gasteiger partial charge is 0.493 e. The Morgan fingerprint density at radius 1 is 1.09 bits per heavy atom. The lowest BCUT2D eigenvalue weighted by Gasteiger charge is -2.15. The highest BCUT2D eigenvalue weighted by Gasteiger charge is 2.20. The van der Waals surface area contributed by atoms with Crippen molar-refractivity contribution in [1.82, 2.24) is 0 Å². The molecule has 2 rings (SSSR count). The van der Waals surface area contributed by atoms with E-state index < -0.39 is 11.9 Å². The molecule has 1 N–H and O–H groups in total. The van der Waals surface area contributed by atoms with Crippen molar-refractivity contribution < 1.29 is 19.0 Å². The highest BCUT2D eigenvalue weighted by atomic mass is 19.1. The quantitative estimate of drug-likeness (QED) is 0.860. The molecule has 1 atom stereocenters. The van der Waals surface area contributed by atoms with Gasteiger partial charge in [-0.2, -0.15) is 0 Å². The van der Waals surface area contributed by atoms with Crippen molar-refractivity contribution in [1.29, 1.82) is 0 Å². The van der Waals surface area contributed by atoms with E-state index in [1.165, 1.54) is 29.8 Å². The normalized spacial score (nSPS) is 12.0. The standard InChI is InChI=1S/C19H21FO3/c1-12-10-14(3)18(11-13(12)2)23-9-8-17(19(21)22)15-4-6-16(20)7-5-15/h4-7,10-11,17H,8-9H2,1-3H3,(H,21,22). The zero-order valence-electron chi connectivity index (χ0n) is 13.6. The first-order chi connectivity index (χ1) is 10.9. The predicted molar refractivity (Wildman–Crippen MR) is 87.5 cm³/mol. The van der Waals surface area contributed by atoms with Gasteiger partial charge in [0, 0.05) is 0 Å². The second-order valence-electron chi connectivity index (χ2n) is 5.78. The van der Waals surface area contributed by atoms with E-state index in [1.807, 2.05) is 26.8 Å². The van der Waals surface area contributed by atoms with Crippen LogP contribution in [0.2, 0.25) is 0 Å². The Morgan fingerprint density at radius 3 is 2.30 bits per heavy atom. The smallest absolute Gasteiger partial charge is 0.311 e. The van der Waals surface area contributed by atoms with Crippen molar-refractivity contribution in [3.05, 3.63) is 64.5 Å². The van der Waals surface area contributed by atoms with E-state index in [4.69, 9.17) is 4.74 Å². The van der Waals surface area contributed by atoms with Crippen LogP contribution in [0.4, 0.5) is 4.39 Å². The number of rotatable bonds is 6. The third kappa shape index (κ3) is 4.31. The van der Waals surface area contributed by atoms with Crippen molar-refractivity contribution >= 4 is 5.97 Å². The third-order valence-corrected chi connectivity index (χ3v) is 4.03. The monoisotopic (exact) mass is 316 g/mol. The van der Waals surface area contributed by atoms with E-state index in [0.29, 0.717) is 12.0 Å². The van der Waals surface area contributed by atoms with Gasteiger partial charge in [0.05, 0.1) is 12.5 Å². The van der Waals surface area contributed by atoms with E-state index >= 15 is 0 Å². The van der Waals surface area contributed by atoms with Crippen molar-refractivity contribution in [3.63, 3.8) is 0 Å². The third-order valence-electron chi connectivity index (χ3n) is 4.03. The number of hydrogen-bond acceptors (Lipinski definition) is 2. The van der Waals surface area contributed by atoms with Gasteiger partial charge in [0.25, 0.3) is 0 Å². The molecule has 0 bridgehead atoms. The average molecular weight is 316 g/mol. The molecular weight excluding hydrogens is 295 g/mol. The minimum Gasteiger partial charge on any atom is -0.493 e. The number of ether oxygens (including phenoxy) is 1. The number of halogens is 1. The van der Waals surface area contributed by atoms with Crippen LogP contribution in [-0.2, 0) is 4.79 Å². The zero-order chi connectivity index (χ0) is 17.0. The van der Waals surface area contributed by atoms with Gasteiger partial charge >= 0.3 is 5.97 Å². The molecular formula is C19H21FO3. The lowest BCUT2D eigenvalue weighted by atomic mass is 9.96. The van der Waals surface area contributed by atoms with E-state index in [1.54, 1.807) is 0 Å². The number of carboxylic acid groups (broad SMARTS) is 1. The Bertz CT molecular complexity index is 693. The Labute approximate surface area is 135 Å². The lowest BCUT2D eigenvalue weighted by Crippen LogP contribution is -2.15. The summed E-state index contributed by atoms with van der Waals surface area (Å²) in [5.74, 6) is -1.24. The summed E-state index contributed by atoms with van der Waals surface area (Å²) in [6, 6.07) is 9.60. The molecule has 2 aromatic carbocycles. The summed E-state index contributed by atoms with van der Waals surface area (Å²) < 4.78 is 18.7. The molecule has 0 heterocycles. The summed E-state index contributed by atoms with van der Waals surface area (Å²) in [4.78, 5) is 11.4. The zero-order valence-corrected chi connectivity index (χ0v) is 13.6. The van der Waals surface area contributed by atoms with Crippen molar-refractivity contribution in [2.45, 2.75) is 33.1 Å². The number of aryl methyl sites for hydroxylation is 3. The van der Waals surface area contributed by atoms with Crippen LogP contribution >= 0.6 is 0 Å². The Hall–Kier alpha value is -2.36. The molecule has 0 spiro atoms. The second kappa shape index (κ2) is 7.27. The SMILES string of the molecule is Cc1cc(C)c(OCCC(C(=O)O)c2ccc(F)cc2)cc1C. The molecule has 0 fully saturated rings.